The fourth-order valence-corrected chi connectivity index (χ4v) is 3.89. The first-order valence-corrected chi connectivity index (χ1v) is 10.8. The number of hydrogen-bond acceptors (Lipinski definition) is 4. The van der Waals surface area contributed by atoms with E-state index in [0.717, 1.165) is 34.3 Å². The number of fused-ring (bicyclic) bond motifs is 1. The van der Waals surface area contributed by atoms with E-state index in [0.29, 0.717) is 16.8 Å². The minimum Gasteiger partial charge on any atom is -0.494 e. The molecule has 0 atom stereocenters. The predicted octanol–water partition coefficient (Wildman–Crippen LogP) is 4.81. The Morgan fingerprint density at radius 1 is 0.909 bits per heavy atom. The van der Waals surface area contributed by atoms with Crippen LogP contribution < -0.4 is 0 Å². The highest BCUT2D eigenvalue weighted by molar-refractivity contribution is 6.22. The highest BCUT2D eigenvalue weighted by Gasteiger charge is 2.20. The van der Waals surface area contributed by atoms with Gasteiger partial charge in [0.2, 0.25) is 0 Å². The van der Waals surface area contributed by atoms with Gasteiger partial charge in [0.05, 0.1) is 17.0 Å². The molecule has 3 aromatic carbocycles. The molecule has 4 rings (SSSR count). The van der Waals surface area contributed by atoms with Gasteiger partial charge in [0.25, 0.3) is 5.91 Å². The molecule has 0 bridgehead atoms. The lowest BCUT2D eigenvalue weighted by atomic mass is 9.99. The number of nitrogens with zero attached hydrogens (tertiary/aromatic N) is 3. The number of nitrogens with one attached hydrogen (secondary N) is 1. The van der Waals surface area contributed by atoms with Crippen molar-refractivity contribution in [3.05, 3.63) is 95.1 Å². The van der Waals surface area contributed by atoms with Crippen LogP contribution in [0.5, 0.6) is 5.88 Å². The van der Waals surface area contributed by atoms with Gasteiger partial charge in [-0.15, -0.1) is 0 Å². The van der Waals surface area contributed by atoms with E-state index in [9.17, 15) is 9.90 Å². The SMILES string of the molecule is CN(C)Cc1cccc(N=C(c2ccccc2)c2c(O)[nH]c3ccc(C(=O)N(C)C)cc23)c1. The largest absolute Gasteiger partial charge is 0.494 e. The first kappa shape index (κ1) is 22.3. The zero-order valence-corrected chi connectivity index (χ0v) is 19.3. The molecule has 0 radical (unpaired) electrons. The lowest BCUT2D eigenvalue weighted by Gasteiger charge is -2.12. The highest BCUT2D eigenvalue weighted by atomic mass is 16.3. The maximum atomic E-state index is 12.6. The van der Waals surface area contributed by atoms with E-state index in [1.54, 1.807) is 20.2 Å². The molecule has 0 unspecified atom stereocenters. The second kappa shape index (κ2) is 9.30. The van der Waals surface area contributed by atoms with Crippen LogP contribution in [0.4, 0.5) is 5.69 Å². The van der Waals surface area contributed by atoms with Gasteiger partial charge in [0.15, 0.2) is 5.88 Å². The van der Waals surface area contributed by atoms with Gasteiger partial charge in [0, 0.05) is 42.7 Å². The summed E-state index contributed by atoms with van der Waals surface area (Å²) in [5.74, 6) is -0.0790. The standard InChI is InChI=1S/C27H28N4O2/c1-30(2)17-18-9-8-12-21(15-18)28-25(19-10-6-5-7-11-19)24-22-16-20(27(33)31(3)4)13-14-23(22)29-26(24)32/h5-16,29,32H,17H2,1-4H3. The summed E-state index contributed by atoms with van der Waals surface area (Å²) in [6, 6.07) is 23.2. The molecule has 0 saturated carbocycles. The van der Waals surface area contributed by atoms with E-state index in [4.69, 9.17) is 4.99 Å². The number of amides is 1. The van der Waals surface area contributed by atoms with Crippen LogP contribution in [0.3, 0.4) is 0 Å². The lowest BCUT2D eigenvalue weighted by molar-refractivity contribution is 0.0828. The molecule has 6 heteroatoms. The summed E-state index contributed by atoms with van der Waals surface area (Å²) >= 11 is 0. The lowest BCUT2D eigenvalue weighted by Crippen LogP contribution is -2.21. The van der Waals surface area contributed by atoms with Gasteiger partial charge in [0.1, 0.15) is 0 Å². The van der Waals surface area contributed by atoms with Gasteiger partial charge in [-0.05, 0) is 50.0 Å². The molecule has 1 heterocycles. The number of carbonyl (C=O) groups is 1. The molecule has 2 N–H and O–H groups in total. The number of aromatic amines is 1. The summed E-state index contributed by atoms with van der Waals surface area (Å²) in [5, 5.41) is 11.7. The third-order valence-corrected chi connectivity index (χ3v) is 5.37. The average molecular weight is 441 g/mol. The molecule has 1 amide bonds. The molecule has 0 fully saturated rings. The molecule has 4 aromatic rings. The van der Waals surface area contributed by atoms with E-state index in [1.165, 1.54) is 4.90 Å². The van der Waals surface area contributed by atoms with Gasteiger partial charge in [-0.3, -0.25) is 4.79 Å². The Hall–Kier alpha value is -3.90. The van der Waals surface area contributed by atoms with Crippen molar-refractivity contribution in [3.8, 4) is 5.88 Å². The van der Waals surface area contributed by atoms with Gasteiger partial charge in [-0.1, -0.05) is 42.5 Å². The zero-order chi connectivity index (χ0) is 23.5. The molecule has 168 valence electrons. The van der Waals surface area contributed by atoms with Crippen LogP contribution in [0, 0.1) is 0 Å². The van der Waals surface area contributed by atoms with Gasteiger partial charge in [-0.2, -0.15) is 0 Å². The minimum atomic E-state index is -0.0990. The molecule has 0 spiro atoms. The molecule has 33 heavy (non-hydrogen) atoms. The third kappa shape index (κ3) is 4.81. The summed E-state index contributed by atoms with van der Waals surface area (Å²) in [6.07, 6.45) is 0. The monoisotopic (exact) mass is 440 g/mol. The smallest absolute Gasteiger partial charge is 0.253 e. The second-order valence-corrected chi connectivity index (χ2v) is 8.54. The number of hydrogen-bond donors (Lipinski definition) is 2. The Morgan fingerprint density at radius 2 is 1.67 bits per heavy atom. The Labute approximate surface area is 193 Å². The van der Waals surface area contributed by atoms with Crippen molar-refractivity contribution in [1.29, 1.82) is 0 Å². The molecular formula is C27H28N4O2. The maximum absolute atomic E-state index is 12.6. The van der Waals surface area contributed by atoms with Gasteiger partial charge in [-0.25, -0.2) is 4.99 Å². The van der Waals surface area contributed by atoms with Crippen molar-refractivity contribution in [1.82, 2.24) is 14.8 Å². The van der Waals surface area contributed by atoms with Crippen molar-refractivity contribution in [2.45, 2.75) is 6.54 Å². The predicted molar refractivity (Wildman–Crippen MR) is 134 cm³/mol. The number of aliphatic imine (C=N–C) groups is 1. The molecule has 0 saturated heterocycles. The van der Waals surface area contributed by atoms with Crippen LogP contribution in [-0.4, -0.2) is 59.7 Å². The number of aromatic hydroxyl groups is 1. The second-order valence-electron chi connectivity index (χ2n) is 8.54. The first-order valence-electron chi connectivity index (χ1n) is 10.8. The molecular weight excluding hydrogens is 412 g/mol. The normalized spacial score (nSPS) is 11.8. The quantitative estimate of drug-likeness (QED) is 0.423. The van der Waals surface area contributed by atoms with Crippen LogP contribution in [0.15, 0.2) is 77.8 Å². The number of carbonyl (C=O) groups excluding carboxylic acids is 1. The molecule has 0 aliphatic rings. The summed E-state index contributed by atoms with van der Waals surface area (Å²) in [4.78, 5) is 24.2. The highest BCUT2D eigenvalue weighted by Crippen LogP contribution is 2.32. The summed E-state index contributed by atoms with van der Waals surface area (Å²) in [5.41, 5.74) is 5.31. The Morgan fingerprint density at radius 3 is 2.36 bits per heavy atom. The van der Waals surface area contributed by atoms with E-state index in [1.807, 2.05) is 68.7 Å². The van der Waals surface area contributed by atoms with Gasteiger partial charge >= 0.3 is 0 Å². The van der Waals surface area contributed by atoms with E-state index in [2.05, 4.69) is 22.0 Å². The Balaban J connectivity index is 1.92. The number of benzene rings is 3. The number of aromatic nitrogens is 1. The van der Waals surface area contributed by atoms with Crippen molar-refractivity contribution >= 4 is 28.2 Å². The van der Waals surface area contributed by atoms with Crippen LogP contribution in [-0.2, 0) is 6.54 Å². The number of H-pyrrole nitrogens is 1. The number of rotatable bonds is 6. The van der Waals surface area contributed by atoms with Crippen molar-refractivity contribution in [2.75, 3.05) is 28.2 Å². The topological polar surface area (TPSA) is 71.9 Å². The maximum Gasteiger partial charge on any atom is 0.253 e. The molecule has 6 nitrogen and oxygen atoms in total. The summed E-state index contributed by atoms with van der Waals surface area (Å²) in [7, 11) is 7.50. The van der Waals surface area contributed by atoms with Crippen LogP contribution >= 0.6 is 0 Å². The molecule has 0 aliphatic carbocycles. The molecule has 0 aliphatic heterocycles. The average Bonchev–Trinajstić information content (AvgIpc) is 3.12. The van der Waals surface area contributed by atoms with Crippen molar-refractivity contribution in [2.24, 2.45) is 4.99 Å². The van der Waals surface area contributed by atoms with E-state index >= 15 is 0 Å². The Bertz CT molecular complexity index is 1320. The van der Waals surface area contributed by atoms with Crippen molar-refractivity contribution in [3.63, 3.8) is 0 Å². The fourth-order valence-electron chi connectivity index (χ4n) is 3.89. The minimum absolute atomic E-state index is 0.0199. The van der Waals surface area contributed by atoms with Gasteiger partial charge < -0.3 is 19.9 Å². The Kier molecular flexibility index (Phi) is 6.29. The van der Waals surface area contributed by atoms with Crippen molar-refractivity contribution < 1.29 is 9.90 Å². The van der Waals surface area contributed by atoms with E-state index in [-0.39, 0.29) is 11.8 Å². The summed E-state index contributed by atoms with van der Waals surface area (Å²) < 4.78 is 0. The third-order valence-electron chi connectivity index (χ3n) is 5.37. The zero-order valence-electron chi connectivity index (χ0n) is 19.3. The van der Waals surface area contributed by atoms with Crippen LogP contribution in [0.1, 0.15) is 27.0 Å². The van der Waals surface area contributed by atoms with Crippen LogP contribution in [0.2, 0.25) is 0 Å². The van der Waals surface area contributed by atoms with E-state index < -0.39 is 0 Å². The summed E-state index contributed by atoms with van der Waals surface area (Å²) in [6.45, 7) is 0.804. The fraction of sp³-hybridized carbons (Fsp3) is 0.185. The van der Waals surface area contributed by atoms with Crippen LogP contribution in [0.25, 0.3) is 10.9 Å². The molecule has 1 aromatic heterocycles. The first-order chi connectivity index (χ1) is 15.8.